The summed E-state index contributed by atoms with van der Waals surface area (Å²) in [5.41, 5.74) is 0.222. The van der Waals surface area contributed by atoms with Gasteiger partial charge in [0.2, 0.25) is 5.43 Å². The van der Waals surface area contributed by atoms with Crippen LogP contribution in [-0.2, 0) is 0 Å². The van der Waals surface area contributed by atoms with Gasteiger partial charge in [0.25, 0.3) is 0 Å². The fourth-order valence-corrected chi connectivity index (χ4v) is 1.06. The van der Waals surface area contributed by atoms with Gasteiger partial charge in [-0.25, -0.2) is 0 Å². The summed E-state index contributed by atoms with van der Waals surface area (Å²) in [7, 11) is 0. The summed E-state index contributed by atoms with van der Waals surface area (Å²) < 4.78 is 0.672. The number of aromatic hydroxyl groups is 1. The summed E-state index contributed by atoms with van der Waals surface area (Å²) in [4.78, 5) is 11.0. The van der Waals surface area contributed by atoms with Gasteiger partial charge in [0.05, 0.1) is 0 Å². The summed E-state index contributed by atoms with van der Waals surface area (Å²) in [6.07, 6.45) is 0. The first-order chi connectivity index (χ1) is 5.11. The van der Waals surface area contributed by atoms with Gasteiger partial charge >= 0.3 is 0 Å². The molecule has 1 rings (SSSR count). The molecule has 0 spiro atoms. The Balaban J connectivity index is 3.57. The predicted molar refractivity (Wildman–Crippen MR) is 46.8 cm³/mol. The van der Waals surface area contributed by atoms with Crippen LogP contribution in [0.15, 0.2) is 27.5 Å². The highest BCUT2D eigenvalue weighted by atomic mass is 79.9. The number of halogens is 1. The molecule has 11 heavy (non-hydrogen) atoms. The van der Waals surface area contributed by atoms with Crippen LogP contribution in [0.4, 0.5) is 0 Å². The quantitative estimate of drug-likeness (QED) is 0.716. The number of hydrogen-bond donors (Lipinski definition) is 1. The first kappa shape index (κ1) is 8.27. The highest BCUT2D eigenvalue weighted by molar-refractivity contribution is 9.10. The van der Waals surface area contributed by atoms with E-state index < -0.39 is 0 Å². The third-order valence-corrected chi connectivity index (χ3v) is 1.86. The maximum atomic E-state index is 11.0. The largest absolute Gasteiger partial charge is 0.504 e. The van der Waals surface area contributed by atoms with Crippen molar-refractivity contribution >= 4 is 15.9 Å². The molecule has 0 amide bonds. The van der Waals surface area contributed by atoms with E-state index >= 15 is 0 Å². The fourth-order valence-electron chi connectivity index (χ4n) is 0.720. The zero-order valence-corrected chi connectivity index (χ0v) is 7.55. The zero-order chi connectivity index (χ0) is 8.43. The molecular weight excluding hydrogens is 208 g/mol. The van der Waals surface area contributed by atoms with E-state index in [9.17, 15) is 4.79 Å². The second-order valence-corrected chi connectivity index (χ2v) is 3.17. The predicted octanol–water partition coefficient (Wildman–Crippen LogP) is 1.82. The van der Waals surface area contributed by atoms with E-state index in [-0.39, 0.29) is 11.2 Å². The molecule has 0 bridgehead atoms. The Morgan fingerprint density at radius 1 is 1.45 bits per heavy atom. The monoisotopic (exact) mass is 214 g/mol. The van der Waals surface area contributed by atoms with Crippen LogP contribution in [0, 0.1) is 6.92 Å². The molecule has 0 aliphatic carbocycles. The number of rotatable bonds is 0. The molecule has 0 aromatic heterocycles. The lowest BCUT2D eigenvalue weighted by Gasteiger charge is -1.85. The minimum Gasteiger partial charge on any atom is -0.504 e. The van der Waals surface area contributed by atoms with E-state index in [0.717, 1.165) is 0 Å². The van der Waals surface area contributed by atoms with Crippen LogP contribution in [0.25, 0.3) is 0 Å². The van der Waals surface area contributed by atoms with Crippen molar-refractivity contribution in [3.8, 4) is 5.75 Å². The molecule has 0 fully saturated rings. The van der Waals surface area contributed by atoms with Crippen LogP contribution < -0.4 is 5.43 Å². The Morgan fingerprint density at radius 3 is 2.73 bits per heavy atom. The minimum atomic E-state index is -0.362. The molecule has 0 saturated heterocycles. The van der Waals surface area contributed by atoms with Crippen molar-refractivity contribution in [2.75, 3.05) is 0 Å². The van der Waals surface area contributed by atoms with Crippen molar-refractivity contribution in [2.24, 2.45) is 0 Å². The summed E-state index contributed by atoms with van der Waals surface area (Å²) in [6, 6.07) is 4.74. The Morgan fingerprint density at radius 2 is 2.09 bits per heavy atom. The smallest absolute Gasteiger partial charge is 0.221 e. The summed E-state index contributed by atoms with van der Waals surface area (Å²) in [5, 5.41) is 9.16. The van der Waals surface area contributed by atoms with Crippen molar-refractivity contribution < 1.29 is 5.11 Å². The maximum Gasteiger partial charge on any atom is 0.221 e. The molecular formula is C8H7BrO2. The van der Waals surface area contributed by atoms with Gasteiger partial charge in [0.1, 0.15) is 0 Å². The van der Waals surface area contributed by atoms with Crippen molar-refractivity contribution in [3.05, 3.63) is 38.5 Å². The van der Waals surface area contributed by atoms with E-state index in [1.54, 1.807) is 19.1 Å². The molecule has 0 atom stereocenters. The molecule has 3 heteroatoms. The Labute approximate surface area is 72.6 Å². The number of hydrogen-bond acceptors (Lipinski definition) is 2. The molecule has 1 N–H and O–H groups in total. The second kappa shape index (κ2) is 3.05. The summed E-state index contributed by atoms with van der Waals surface area (Å²) in [6.45, 7) is 1.68. The van der Waals surface area contributed by atoms with Crippen LogP contribution >= 0.6 is 15.9 Å². The van der Waals surface area contributed by atoms with Crippen molar-refractivity contribution in [3.63, 3.8) is 0 Å². The first-order valence-electron chi connectivity index (χ1n) is 3.10. The van der Waals surface area contributed by atoms with Crippen molar-refractivity contribution in [2.45, 2.75) is 6.92 Å². The molecule has 0 saturated carbocycles. The van der Waals surface area contributed by atoms with E-state index in [1.165, 1.54) is 6.07 Å². The van der Waals surface area contributed by atoms with Crippen LogP contribution in [0.2, 0.25) is 0 Å². The molecule has 1 aromatic carbocycles. The standard InChI is InChI=1S/C8H7BrO2/c1-5-2-3-6(9)4-7(10)8(5)11/h2-4H,1H3,(H,10,11). The molecule has 0 heterocycles. The van der Waals surface area contributed by atoms with Crippen LogP contribution in [0.3, 0.4) is 0 Å². The molecule has 0 unspecified atom stereocenters. The van der Waals surface area contributed by atoms with E-state index in [4.69, 9.17) is 5.11 Å². The van der Waals surface area contributed by atoms with Gasteiger partial charge in [-0.05, 0) is 18.6 Å². The Hall–Kier alpha value is -0.830. The van der Waals surface area contributed by atoms with Gasteiger partial charge in [0, 0.05) is 10.5 Å². The second-order valence-electron chi connectivity index (χ2n) is 2.26. The van der Waals surface area contributed by atoms with Crippen LogP contribution in [0.1, 0.15) is 5.56 Å². The van der Waals surface area contributed by atoms with Gasteiger partial charge in [-0.1, -0.05) is 22.0 Å². The van der Waals surface area contributed by atoms with E-state index in [0.29, 0.717) is 10.0 Å². The average molecular weight is 215 g/mol. The number of aryl methyl sites for hydroxylation is 1. The normalized spacial score (nSPS) is 9.64. The van der Waals surface area contributed by atoms with Gasteiger partial charge in [-0.2, -0.15) is 0 Å². The lowest BCUT2D eigenvalue weighted by atomic mass is 10.3. The molecule has 2 nitrogen and oxygen atoms in total. The molecule has 0 radical (unpaired) electrons. The first-order valence-corrected chi connectivity index (χ1v) is 3.90. The van der Waals surface area contributed by atoms with E-state index in [1.807, 2.05) is 0 Å². The Bertz CT molecular complexity index is 333. The van der Waals surface area contributed by atoms with Crippen molar-refractivity contribution in [1.82, 2.24) is 0 Å². The topological polar surface area (TPSA) is 37.3 Å². The summed E-state index contributed by atoms with van der Waals surface area (Å²) in [5.74, 6) is -0.185. The third kappa shape index (κ3) is 1.80. The SMILES string of the molecule is Cc1ccc(Br)cc(=O)c1O. The van der Waals surface area contributed by atoms with Gasteiger partial charge in [0.15, 0.2) is 5.75 Å². The molecule has 0 aliphatic rings. The fraction of sp³-hybridized carbons (Fsp3) is 0.125. The highest BCUT2D eigenvalue weighted by Gasteiger charge is 1.97. The molecule has 0 aliphatic heterocycles. The highest BCUT2D eigenvalue weighted by Crippen LogP contribution is 2.11. The lowest BCUT2D eigenvalue weighted by molar-refractivity contribution is 0.467. The maximum absolute atomic E-state index is 11.0. The summed E-state index contributed by atoms with van der Waals surface area (Å²) >= 11 is 3.15. The van der Waals surface area contributed by atoms with Gasteiger partial charge in [-0.15, -0.1) is 0 Å². The van der Waals surface area contributed by atoms with Crippen molar-refractivity contribution in [1.29, 1.82) is 0 Å². The van der Waals surface area contributed by atoms with Gasteiger partial charge < -0.3 is 5.11 Å². The van der Waals surface area contributed by atoms with Gasteiger partial charge in [-0.3, -0.25) is 4.79 Å². The van der Waals surface area contributed by atoms with Crippen LogP contribution in [-0.4, -0.2) is 5.11 Å². The average Bonchev–Trinajstić information content (AvgIpc) is 2.05. The lowest BCUT2D eigenvalue weighted by Crippen LogP contribution is -1.94. The minimum absolute atomic E-state index is 0.185. The molecule has 1 aromatic rings. The Kier molecular flexibility index (Phi) is 2.29. The van der Waals surface area contributed by atoms with E-state index in [2.05, 4.69) is 15.9 Å². The zero-order valence-electron chi connectivity index (χ0n) is 5.97. The third-order valence-electron chi connectivity index (χ3n) is 1.37. The molecule has 58 valence electrons. The van der Waals surface area contributed by atoms with Crippen LogP contribution in [0.5, 0.6) is 5.75 Å².